The topological polar surface area (TPSA) is 115 Å². The molecule has 2 bridgehead atoms. The molecule has 3 N–H and O–H groups in total. The third-order valence-electron chi connectivity index (χ3n) is 6.19. The number of fused-ring (bicyclic) bond motifs is 2. The molecule has 2 fully saturated rings. The first-order valence-corrected chi connectivity index (χ1v) is 12.2. The van der Waals surface area contributed by atoms with Crippen molar-refractivity contribution in [1.82, 2.24) is 10.3 Å². The molecule has 0 spiro atoms. The maximum Gasteiger partial charge on any atom is 0.263 e. The highest BCUT2D eigenvalue weighted by Gasteiger charge is 2.43. The summed E-state index contributed by atoms with van der Waals surface area (Å²) in [6.07, 6.45) is 4.47. The fraction of sp³-hybridized carbons (Fsp3) is 0.455. The number of pyridine rings is 1. The molecule has 0 saturated carbocycles. The van der Waals surface area contributed by atoms with Gasteiger partial charge in [0.2, 0.25) is 10.0 Å². The summed E-state index contributed by atoms with van der Waals surface area (Å²) in [5, 5.41) is 8.15. The van der Waals surface area contributed by atoms with Gasteiger partial charge in [-0.2, -0.15) is 0 Å². The number of carbonyl (C=O) groups is 1. The lowest BCUT2D eigenvalue weighted by atomic mass is 9.96. The fourth-order valence-electron chi connectivity index (χ4n) is 4.60. The van der Waals surface area contributed by atoms with Crippen LogP contribution < -0.4 is 20.1 Å². The van der Waals surface area contributed by atoms with Gasteiger partial charge in [-0.05, 0) is 63.8 Å². The number of amides is 1. The van der Waals surface area contributed by atoms with E-state index in [1.54, 1.807) is 6.07 Å². The number of primary sulfonamides is 1. The molecule has 2 aliphatic heterocycles. The Kier molecular flexibility index (Phi) is 6.04. The van der Waals surface area contributed by atoms with Crippen molar-refractivity contribution in [3.8, 4) is 5.75 Å². The molecule has 1 amide bonds. The van der Waals surface area contributed by atoms with Crippen LogP contribution in [0.15, 0.2) is 41.4 Å². The highest BCUT2D eigenvalue weighted by Crippen LogP contribution is 2.39. The molecule has 3 heterocycles. The fourth-order valence-corrected chi connectivity index (χ4v) is 5.06. The number of anilines is 1. The summed E-state index contributed by atoms with van der Waals surface area (Å²) in [7, 11) is -3.81. The third-order valence-corrected chi connectivity index (χ3v) is 7.09. The lowest BCUT2D eigenvalue weighted by Crippen LogP contribution is -2.55. The van der Waals surface area contributed by atoms with Gasteiger partial charge in [-0.1, -0.05) is 0 Å². The predicted molar refractivity (Wildman–Crippen MR) is 117 cm³/mol. The average molecular weight is 481 g/mol. The molecule has 8 nitrogen and oxygen atoms in total. The lowest BCUT2D eigenvalue weighted by Gasteiger charge is -2.40. The van der Waals surface area contributed by atoms with Crippen LogP contribution in [-0.2, 0) is 14.8 Å². The monoisotopic (exact) mass is 480 g/mol. The Balaban J connectivity index is 1.41. The zero-order chi connectivity index (χ0) is 24.0. The first kappa shape index (κ1) is 23.4. The second kappa shape index (κ2) is 8.53. The smallest absolute Gasteiger partial charge is 0.263 e. The third kappa shape index (κ3) is 4.93. The number of nitrogens with zero attached hydrogens (tertiary/aromatic N) is 2. The molecule has 4 rings (SSSR count). The summed E-state index contributed by atoms with van der Waals surface area (Å²) < 4.78 is 55.6. The number of aromatic nitrogens is 1. The van der Waals surface area contributed by atoms with Crippen LogP contribution >= 0.6 is 0 Å². The quantitative estimate of drug-likeness (QED) is 0.657. The Morgan fingerprint density at radius 3 is 2.39 bits per heavy atom. The molecule has 33 heavy (non-hydrogen) atoms. The zero-order valence-electron chi connectivity index (χ0n) is 18.3. The number of hydrogen-bond acceptors (Lipinski definition) is 6. The molecule has 2 aromatic rings. The Bertz CT molecular complexity index is 1140. The Hall–Kier alpha value is -2.79. The van der Waals surface area contributed by atoms with E-state index in [1.165, 1.54) is 26.1 Å². The van der Waals surface area contributed by atoms with Crippen LogP contribution in [-0.4, -0.2) is 43.0 Å². The van der Waals surface area contributed by atoms with Gasteiger partial charge in [-0.3, -0.25) is 4.79 Å². The molecule has 0 radical (unpaired) electrons. The highest BCUT2D eigenvalue weighted by atomic mass is 32.2. The number of ether oxygens (including phenoxy) is 1. The van der Waals surface area contributed by atoms with Gasteiger partial charge >= 0.3 is 0 Å². The van der Waals surface area contributed by atoms with Crippen LogP contribution in [0.5, 0.6) is 5.75 Å². The largest absolute Gasteiger partial charge is 0.475 e. The summed E-state index contributed by atoms with van der Waals surface area (Å²) in [5.74, 6) is -1.50. The Labute approximate surface area is 191 Å². The average Bonchev–Trinajstić information content (AvgIpc) is 3.00. The molecule has 11 heteroatoms. The van der Waals surface area contributed by atoms with Gasteiger partial charge in [0.25, 0.3) is 5.91 Å². The minimum atomic E-state index is -3.81. The number of piperidine rings is 1. The van der Waals surface area contributed by atoms with Gasteiger partial charge in [-0.15, -0.1) is 0 Å². The number of sulfonamides is 1. The SMILES string of the molecule is CC(C)(Oc1ccc(F)cc1F)C(=O)NC1CC2CCC(C1)N2c1ccc(S(N)(=O)=O)cn1. The van der Waals surface area contributed by atoms with Crippen molar-refractivity contribution in [2.24, 2.45) is 5.14 Å². The summed E-state index contributed by atoms with van der Waals surface area (Å²) in [4.78, 5) is 19.3. The van der Waals surface area contributed by atoms with E-state index in [-0.39, 0.29) is 34.7 Å². The van der Waals surface area contributed by atoms with E-state index in [2.05, 4.69) is 15.2 Å². The van der Waals surface area contributed by atoms with Crippen molar-refractivity contribution >= 4 is 21.7 Å². The van der Waals surface area contributed by atoms with Crippen LogP contribution in [0.25, 0.3) is 0 Å². The van der Waals surface area contributed by atoms with Crippen LogP contribution in [0.3, 0.4) is 0 Å². The Morgan fingerprint density at radius 2 is 1.85 bits per heavy atom. The van der Waals surface area contributed by atoms with Crippen LogP contribution in [0.4, 0.5) is 14.6 Å². The van der Waals surface area contributed by atoms with E-state index in [0.29, 0.717) is 24.7 Å². The molecule has 2 aliphatic rings. The predicted octanol–water partition coefficient (Wildman–Crippen LogP) is 2.48. The van der Waals surface area contributed by atoms with Crippen molar-refractivity contribution in [3.63, 3.8) is 0 Å². The van der Waals surface area contributed by atoms with E-state index < -0.39 is 27.3 Å². The number of hydrogen-bond donors (Lipinski definition) is 2. The maximum absolute atomic E-state index is 14.0. The minimum Gasteiger partial charge on any atom is -0.475 e. The van der Waals surface area contributed by atoms with Gasteiger partial charge in [0.1, 0.15) is 16.5 Å². The molecular weight excluding hydrogens is 454 g/mol. The Morgan fingerprint density at radius 1 is 1.18 bits per heavy atom. The maximum atomic E-state index is 14.0. The molecule has 0 aliphatic carbocycles. The van der Waals surface area contributed by atoms with Gasteiger partial charge in [0.05, 0.1) is 0 Å². The molecular formula is C22H26F2N4O4S. The van der Waals surface area contributed by atoms with Crippen LogP contribution in [0.1, 0.15) is 39.5 Å². The first-order chi connectivity index (χ1) is 15.4. The second-order valence-corrected chi connectivity index (χ2v) is 10.6. The van der Waals surface area contributed by atoms with Crippen molar-refractivity contribution < 1.29 is 26.7 Å². The number of nitrogens with two attached hydrogens (primary N) is 1. The number of halogens is 2. The second-order valence-electron chi connectivity index (χ2n) is 9.02. The molecule has 2 unspecified atom stereocenters. The minimum absolute atomic E-state index is 0.0411. The standard InChI is InChI=1S/C22H26F2N4O4S/c1-22(2,32-19-7-3-13(23)9-18(19)24)21(29)27-14-10-15-4-5-16(11-14)28(15)20-8-6-17(12-26-20)33(25,30)31/h3,6-9,12,14-16H,4-5,10-11H2,1-2H3,(H,27,29)(H2,25,30,31). The van der Waals surface area contributed by atoms with Gasteiger partial charge in [0, 0.05) is 30.4 Å². The van der Waals surface area contributed by atoms with E-state index >= 15 is 0 Å². The van der Waals surface area contributed by atoms with E-state index in [4.69, 9.17) is 9.88 Å². The first-order valence-electron chi connectivity index (χ1n) is 10.7. The number of nitrogens with one attached hydrogen (secondary N) is 1. The number of carbonyl (C=O) groups excluding carboxylic acids is 1. The highest BCUT2D eigenvalue weighted by molar-refractivity contribution is 7.89. The van der Waals surface area contributed by atoms with Crippen LogP contribution in [0.2, 0.25) is 0 Å². The summed E-state index contributed by atoms with van der Waals surface area (Å²) in [6, 6.07) is 6.21. The van der Waals surface area contributed by atoms with E-state index in [0.717, 1.165) is 25.0 Å². The molecule has 2 atom stereocenters. The number of rotatable bonds is 6. The molecule has 178 valence electrons. The number of benzene rings is 1. The van der Waals surface area contributed by atoms with Gasteiger partial charge < -0.3 is 15.0 Å². The summed E-state index contributed by atoms with van der Waals surface area (Å²) >= 11 is 0. The van der Waals surface area contributed by atoms with Crippen LogP contribution in [0, 0.1) is 11.6 Å². The van der Waals surface area contributed by atoms with Crippen molar-refractivity contribution in [1.29, 1.82) is 0 Å². The normalized spacial score (nSPS) is 22.8. The van der Waals surface area contributed by atoms with Gasteiger partial charge in [-0.25, -0.2) is 27.3 Å². The van der Waals surface area contributed by atoms with Crippen molar-refractivity contribution in [2.45, 2.75) is 68.2 Å². The summed E-state index contributed by atoms with van der Waals surface area (Å²) in [5.41, 5.74) is -1.36. The van der Waals surface area contributed by atoms with Crippen molar-refractivity contribution in [3.05, 3.63) is 48.2 Å². The van der Waals surface area contributed by atoms with Crippen molar-refractivity contribution in [2.75, 3.05) is 4.90 Å². The lowest BCUT2D eigenvalue weighted by molar-refractivity contribution is -0.135. The van der Waals surface area contributed by atoms with Gasteiger partial charge in [0.15, 0.2) is 17.2 Å². The summed E-state index contributed by atoms with van der Waals surface area (Å²) in [6.45, 7) is 3.07. The van der Waals surface area contributed by atoms with E-state index in [1.807, 2.05) is 0 Å². The molecule has 2 saturated heterocycles. The molecule has 1 aromatic heterocycles. The van der Waals surface area contributed by atoms with E-state index in [9.17, 15) is 22.0 Å². The zero-order valence-corrected chi connectivity index (χ0v) is 19.1. The molecule has 1 aromatic carbocycles.